The molecule has 0 spiro atoms. The van der Waals surface area contributed by atoms with Crippen LogP contribution < -0.4 is 37.2 Å². The molecule has 7 heteroatoms. The summed E-state index contributed by atoms with van der Waals surface area (Å²) in [5.41, 5.74) is 0. The molecular formula is C12H26Cl3N3Ti. The maximum atomic E-state index is 4.67. The van der Waals surface area contributed by atoms with Crippen molar-refractivity contribution in [1.29, 1.82) is 0 Å². The number of rotatable bonds is 0. The van der Waals surface area contributed by atoms with Crippen LogP contribution in [0.25, 0.3) is 5.32 Å². The van der Waals surface area contributed by atoms with Crippen molar-refractivity contribution in [2.45, 2.75) is 32.2 Å². The fourth-order valence-corrected chi connectivity index (χ4v) is 1.98. The van der Waals surface area contributed by atoms with Gasteiger partial charge in [0, 0.05) is 0 Å². The van der Waals surface area contributed by atoms with Crippen LogP contribution >= 0.6 is 0 Å². The number of halogens is 3. The van der Waals surface area contributed by atoms with Crippen LogP contribution in [0.3, 0.4) is 0 Å². The first kappa shape index (κ1) is 28.6. The number of nitrogens with zero attached hydrogens (tertiary/aromatic N) is 3. The van der Waals surface area contributed by atoms with E-state index in [2.05, 4.69) is 36.1 Å². The Morgan fingerprint density at radius 1 is 0.842 bits per heavy atom. The van der Waals surface area contributed by atoms with Gasteiger partial charge in [0.05, 0.1) is 0 Å². The molecule has 114 valence electrons. The summed E-state index contributed by atoms with van der Waals surface area (Å²) in [6.45, 7) is 8.10. The zero-order valence-corrected chi connectivity index (χ0v) is 16.0. The van der Waals surface area contributed by atoms with Crippen LogP contribution in [-0.2, 0) is 21.7 Å². The fraction of sp³-hybridized carbons (Fsp3) is 1.00. The van der Waals surface area contributed by atoms with E-state index < -0.39 is 0 Å². The molecule has 0 bridgehead atoms. The molecule has 0 aliphatic carbocycles. The second kappa shape index (κ2) is 17.5. The van der Waals surface area contributed by atoms with Crippen molar-refractivity contribution in [2.24, 2.45) is 0 Å². The molecule has 1 rings (SSSR count). The molecule has 1 unspecified atom stereocenters. The SMILES string of the molecule is CC1CCN(C)CCCN(C)CCC[N-]1.[Cl-].[Cl-].[Cl-].[Ti+4]. The van der Waals surface area contributed by atoms with Crippen LogP contribution in [0.2, 0.25) is 0 Å². The van der Waals surface area contributed by atoms with Gasteiger partial charge in [-0.05, 0) is 46.7 Å². The van der Waals surface area contributed by atoms with Gasteiger partial charge in [0.15, 0.2) is 0 Å². The monoisotopic (exact) mass is 365 g/mol. The fourth-order valence-electron chi connectivity index (χ4n) is 1.98. The van der Waals surface area contributed by atoms with E-state index >= 15 is 0 Å². The molecule has 1 saturated heterocycles. The summed E-state index contributed by atoms with van der Waals surface area (Å²) in [6, 6.07) is 0.539. The van der Waals surface area contributed by atoms with E-state index in [0.717, 1.165) is 6.54 Å². The third-order valence-electron chi connectivity index (χ3n) is 3.15. The molecule has 0 aromatic rings. The normalized spacial score (nSPS) is 23.2. The van der Waals surface area contributed by atoms with E-state index in [1.807, 2.05) is 0 Å². The first-order valence-electron chi connectivity index (χ1n) is 6.22. The van der Waals surface area contributed by atoms with Crippen LogP contribution in [0.1, 0.15) is 26.2 Å². The third-order valence-corrected chi connectivity index (χ3v) is 3.15. The molecule has 0 saturated carbocycles. The molecule has 3 nitrogen and oxygen atoms in total. The smallest absolute Gasteiger partial charge is 1.00 e. The van der Waals surface area contributed by atoms with Crippen LogP contribution in [-0.4, -0.2) is 62.7 Å². The largest absolute Gasteiger partial charge is 4.00 e. The Morgan fingerprint density at radius 2 is 1.32 bits per heavy atom. The van der Waals surface area contributed by atoms with Crippen LogP contribution in [0, 0.1) is 0 Å². The Kier molecular flexibility index (Phi) is 26.4. The molecule has 0 N–H and O–H groups in total. The zero-order chi connectivity index (χ0) is 11.1. The number of hydrogen-bond donors (Lipinski definition) is 0. The van der Waals surface area contributed by atoms with Gasteiger partial charge in [-0.15, -0.1) is 12.6 Å². The number of hydrogen-bond acceptors (Lipinski definition) is 2. The second-order valence-electron chi connectivity index (χ2n) is 4.86. The van der Waals surface area contributed by atoms with Crippen molar-refractivity contribution in [3.63, 3.8) is 0 Å². The minimum absolute atomic E-state index is 0. The average molecular weight is 367 g/mol. The Balaban J connectivity index is -0.000000281. The van der Waals surface area contributed by atoms with Crippen molar-refractivity contribution in [3.8, 4) is 0 Å². The second-order valence-corrected chi connectivity index (χ2v) is 4.86. The standard InChI is InChI=1S/C12H26N3.3ClH.Ti/c1-12-6-11-15(3)10-5-9-14(2)8-4-7-13-12;;;;/h12H,4-11H2,1-3H3;3*1H;/q-1;;;;+4/p-3. The Labute approximate surface area is 152 Å². The molecule has 1 aliphatic rings. The molecule has 1 aliphatic heterocycles. The maximum absolute atomic E-state index is 4.67. The van der Waals surface area contributed by atoms with Gasteiger partial charge in [0.2, 0.25) is 0 Å². The van der Waals surface area contributed by atoms with Gasteiger partial charge in [0.25, 0.3) is 0 Å². The molecular weight excluding hydrogens is 340 g/mol. The predicted octanol–water partition coefficient (Wildman–Crippen LogP) is -7.19. The topological polar surface area (TPSA) is 20.6 Å². The van der Waals surface area contributed by atoms with E-state index in [1.54, 1.807) is 0 Å². The van der Waals surface area contributed by atoms with E-state index in [1.165, 1.54) is 45.4 Å². The quantitative estimate of drug-likeness (QED) is 0.397. The molecule has 0 aromatic carbocycles. The van der Waals surface area contributed by atoms with Crippen LogP contribution in [0.5, 0.6) is 0 Å². The summed E-state index contributed by atoms with van der Waals surface area (Å²) >= 11 is 0. The minimum Gasteiger partial charge on any atom is -1.00 e. The van der Waals surface area contributed by atoms with Crippen molar-refractivity contribution in [3.05, 3.63) is 5.32 Å². The van der Waals surface area contributed by atoms with Crippen LogP contribution in [0.4, 0.5) is 0 Å². The van der Waals surface area contributed by atoms with Gasteiger partial charge in [-0.2, -0.15) is 0 Å². The van der Waals surface area contributed by atoms with Crippen molar-refractivity contribution in [2.75, 3.05) is 46.8 Å². The van der Waals surface area contributed by atoms with Gasteiger partial charge in [-0.3, -0.25) is 0 Å². The third kappa shape index (κ3) is 15.7. The summed E-state index contributed by atoms with van der Waals surface area (Å²) in [5, 5.41) is 4.67. The molecule has 0 amide bonds. The Morgan fingerprint density at radius 3 is 1.89 bits per heavy atom. The zero-order valence-electron chi connectivity index (χ0n) is 12.2. The molecule has 19 heavy (non-hydrogen) atoms. The molecule has 1 heterocycles. The van der Waals surface area contributed by atoms with Gasteiger partial charge >= 0.3 is 21.7 Å². The Bertz CT molecular complexity index is 178. The van der Waals surface area contributed by atoms with Crippen LogP contribution in [0.15, 0.2) is 0 Å². The molecule has 1 atom stereocenters. The summed E-state index contributed by atoms with van der Waals surface area (Å²) < 4.78 is 0. The first-order valence-corrected chi connectivity index (χ1v) is 6.22. The summed E-state index contributed by atoms with van der Waals surface area (Å²) in [7, 11) is 4.44. The van der Waals surface area contributed by atoms with E-state index in [0.29, 0.717) is 6.04 Å². The van der Waals surface area contributed by atoms with E-state index in [4.69, 9.17) is 0 Å². The maximum Gasteiger partial charge on any atom is 4.00 e. The van der Waals surface area contributed by atoms with E-state index in [9.17, 15) is 0 Å². The van der Waals surface area contributed by atoms with Gasteiger partial charge in [0.1, 0.15) is 0 Å². The predicted molar refractivity (Wildman–Crippen MR) is 66.5 cm³/mol. The average Bonchev–Trinajstić information content (AvgIpc) is 2.20. The Hall–Kier alpha value is 1.46. The molecule has 0 radical (unpaired) electrons. The summed E-state index contributed by atoms with van der Waals surface area (Å²) in [4.78, 5) is 4.86. The van der Waals surface area contributed by atoms with Crippen molar-refractivity contribution >= 4 is 0 Å². The van der Waals surface area contributed by atoms with Gasteiger partial charge < -0.3 is 52.3 Å². The van der Waals surface area contributed by atoms with Crippen molar-refractivity contribution in [1.82, 2.24) is 9.80 Å². The molecule has 0 aromatic heterocycles. The van der Waals surface area contributed by atoms with E-state index in [-0.39, 0.29) is 58.9 Å². The van der Waals surface area contributed by atoms with Gasteiger partial charge in [-0.1, -0.05) is 19.8 Å². The molecule has 1 fully saturated rings. The first-order chi connectivity index (χ1) is 7.18. The summed E-state index contributed by atoms with van der Waals surface area (Å²) in [5.74, 6) is 0. The minimum atomic E-state index is 0. The van der Waals surface area contributed by atoms with Gasteiger partial charge in [-0.25, -0.2) is 0 Å². The van der Waals surface area contributed by atoms with Crippen molar-refractivity contribution < 1.29 is 58.9 Å². The summed E-state index contributed by atoms with van der Waals surface area (Å²) in [6.07, 6.45) is 3.72.